The second-order valence-corrected chi connectivity index (χ2v) is 5.26. The predicted octanol–water partition coefficient (Wildman–Crippen LogP) is 0.265. The Labute approximate surface area is 141 Å². The third-order valence-corrected chi connectivity index (χ3v) is 3.56. The zero-order valence-corrected chi connectivity index (χ0v) is 13.8. The molecule has 2 rings (SSSR count). The van der Waals surface area contributed by atoms with E-state index >= 15 is 0 Å². The van der Waals surface area contributed by atoms with Gasteiger partial charge in [0.15, 0.2) is 0 Å². The van der Waals surface area contributed by atoms with Gasteiger partial charge in [-0.25, -0.2) is 4.79 Å². The fraction of sp³-hybridized carbons (Fsp3) is 0.500. The van der Waals surface area contributed by atoms with Gasteiger partial charge in [0, 0.05) is 31.9 Å². The fourth-order valence-corrected chi connectivity index (χ4v) is 2.21. The van der Waals surface area contributed by atoms with Crippen molar-refractivity contribution in [2.45, 2.75) is 0 Å². The maximum atomic E-state index is 11.8. The molecule has 0 unspecified atom stereocenters. The van der Waals surface area contributed by atoms with Crippen LogP contribution in [0.15, 0.2) is 24.3 Å². The van der Waals surface area contributed by atoms with Crippen LogP contribution >= 0.6 is 0 Å². The number of morpholine rings is 1. The van der Waals surface area contributed by atoms with E-state index in [1.807, 2.05) is 24.3 Å². The molecule has 1 saturated heterocycles. The molecule has 0 spiro atoms. The maximum Gasteiger partial charge on any atom is 0.317 e. The van der Waals surface area contributed by atoms with Crippen molar-refractivity contribution in [1.82, 2.24) is 15.5 Å². The third kappa shape index (κ3) is 5.96. The van der Waals surface area contributed by atoms with Crippen LogP contribution in [0.3, 0.4) is 0 Å². The second-order valence-electron chi connectivity index (χ2n) is 5.26. The Kier molecular flexibility index (Phi) is 7.16. The van der Waals surface area contributed by atoms with E-state index in [1.54, 1.807) is 12.0 Å². The Morgan fingerprint density at radius 2 is 1.83 bits per heavy atom. The Bertz CT molecular complexity index is 529. The number of methoxy groups -OCH3 is 1. The van der Waals surface area contributed by atoms with Crippen molar-refractivity contribution in [3.63, 3.8) is 0 Å². The Morgan fingerprint density at radius 1 is 1.12 bits per heavy atom. The van der Waals surface area contributed by atoms with E-state index in [1.165, 1.54) is 0 Å². The minimum Gasteiger partial charge on any atom is -0.497 e. The predicted molar refractivity (Wildman–Crippen MR) is 90.3 cm³/mol. The van der Waals surface area contributed by atoms with Crippen LogP contribution in [0.2, 0.25) is 0 Å². The quantitative estimate of drug-likeness (QED) is 0.622. The van der Waals surface area contributed by atoms with E-state index in [0.717, 1.165) is 11.4 Å². The van der Waals surface area contributed by atoms with Gasteiger partial charge in [-0.05, 0) is 24.3 Å². The lowest BCUT2D eigenvalue weighted by Gasteiger charge is -2.26. The maximum absolute atomic E-state index is 11.8. The summed E-state index contributed by atoms with van der Waals surface area (Å²) in [5, 5.41) is 8.55. The normalized spacial score (nSPS) is 14.0. The zero-order valence-electron chi connectivity index (χ0n) is 13.8. The molecule has 0 radical (unpaired) electrons. The van der Waals surface area contributed by atoms with Crippen LogP contribution in [0.1, 0.15) is 0 Å². The third-order valence-electron chi connectivity index (χ3n) is 3.56. The Morgan fingerprint density at radius 3 is 2.50 bits per heavy atom. The minimum absolute atomic E-state index is 0.0290. The van der Waals surface area contributed by atoms with Crippen LogP contribution < -0.4 is 20.7 Å². The number of nitrogens with one attached hydrogen (secondary N) is 3. The molecule has 1 heterocycles. The van der Waals surface area contributed by atoms with Crippen LogP contribution in [0, 0.1) is 0 Å². The van der Waals surface area contributed by atoms with Gasteiger partial charge in [-0.3, -0.25) is 4.79 Å². The van der Waals surface area contributed by atoms with Crippen molar-refractivity contribution in [2.75, 3.05) is 58.4 Å². The number of urea groups is 1. The lowest BCUT2D eigenvalue weighted by atomic mass is 10.3. The van der Waals surface area contributed by atoms with Crippen LogP contribution in [0.4, 0.5) is 10.5 Å². The van der Waals surface area contributed by atoms with Crippen LogP contribution in [0.5, 0.6) is 5.75 Å². The molecule has 132 valence electrons. The summed E-state index contributed by atoms with van der Waals surface area (Å²) in [6.07, 6.45) is 0. The molecule has 0 aliphatic carbocycles. The number of carbonyl (C=O) groups is 2. The first kappa shape index (κ1) is 17.9. The molecule has 3 amide bonds. The lowest BCUT2D eigenvalue weighted by molar-refractivity contribution is -0.120. The number of benzene rings is 1. The zero-order chi connectivity index (χ0) is 17.2. The number of nitrogens with zero attached hydrogens (tertiary/aromatic N) is 1. The van der Waals surface area contributed by atoms with Crippen molar-refractivity contribution in [1.29, 1.82) is 0 Å². The van der Waals surface area contributed by atoms with Crippen molar-refractivity contribution in [3.8, 4) is 5.75 Å². The monoisotopic (exact) mass is 336 g/mol. The molecule has 1 aromatic rings. The summed E-state index contributed by atoms with van der Waals surface area (Å²) in [6.45, 7) is 3.22. The number of hydrogen-bond acceptors (Lipinski definition) is 5. The minimum atomic E-state index is -0.232. The number of carbonyl (C=O) groups excluding carboxylic acids is 2. The number of hydrogen-bond donors (Lipinski definition) is 3. The molecule has 8 nitrogen and oxygen atoms in total. The average Bonchev–Trinajstić information content (AvgIpc) is 2.64. The number of anilines is 1. The van der Waals surface area contributed by atoms with Gasteiger partial charge < -0.3 is 30.3 Å². The number of ether oxygens (including phenoxy) is 2. The highest BCUT2D eigenvalue weighted by Crippen LogP contribution is 2.14. The first-order valence-corrected chi connectivity index (χ1v) is 7.94. The standard InChI is InChI=1S/C16H24N4O4/c1-23-14-4-2-13(3-5-14)17-6-7-18-15(21)12-19-16(22)20-8-10-24-11-9-20/h2-5,17H,6-12H2,1H3,(H,18,21)(H,19,22). The SMILES string of the molecule is COc1ccc(NCCNC(=O)CNC(=O)N2CCOCC2)cc1. The van der Waals surface area contributed by atoms with E-state index in [9.17, 15) is 9.59 Å². The average molecular weight is 336 g/mol. The molecule has 1 aromatic carbocycles. The highest BCUT2D eigenvalue weighted by atomic mass is 16.5. The largest absolute Gasteiger partial charge is 0.497 e. The topological polar surface area (TPSA) is 91.9 Å². The summed E-state index contributed by atoms with van der Waals surface area (Å²) < 4.78 is 10.3. The van der Waals surface area contributed by atoms with Gasteiger partial charge in [0.25, 0.3) is 0 Å². The van der Waals surface area contributed by atoms with Gasteiger partial charge in [-0.2, -0.15) is 0 Å². The van der Waals surface area contributed by atoms with Gasteiger partial charge >= 0.3 is 6.03 Å². The Hall–Kier alpha value is -2.48. The van der Waals surface area contributed by atoms with Crippen molar-refractivity contribution < 1.29 is 19.1 Å². The van der Waals surface area contributed by atoms with Crippen LogP contribution in [-0.2, 0) is 9.53 Å². The summed E-state index contributed by atoms with van der Waals surface area (Å²) in [6, 6.07) is 7.31. The van der Waals surface area contributed by atoms with E-state index < -0.39 is 0 Å². The van der Waals surface area contributed by atoms with Gasteiger partial charge in [-0.1, -0.05) is 0 Å². The summed E-state index contributed by atoms with van der Waals surface area (Å²) >= 11 is 0. The highest BCUT2D eigenvalue weighted by molar-refractivity contribution is 5.83. The molecule has 3 N–H and O–H groups in total. The molecule has 1 aliphatic rings. The Balaban J connectivity index is 1.56. The lowest BCUT2D eigenvalue weighted by Crippen LogP contribution is -2.48. The molecule has 0 bridgehead atoms. The fourth-order valence-electron chi connectivity index (χ4n) is 2.21. The van der Waals surface area contributed by atoms with Gasteiger partial charge in [0.1, 0.15) is 5.75 Å². The first-order valence-electron chi connectivity index (χ1n) is 7.94. The van der Waals surface area contributed by atoms with E-state index in [4.69, 9.17) is 9.47 Å². The highest BCUT2D eigenvalue weighted by Gasteiger charge is 2.16. The molecular formula is C16H24N4O4. The summed E-state index contributed by atoms with van der Waals surface area (Å²) in [7, 11) is 1.62. The smallest absolute Gasteiger partial charge is 0.317 e. The summed E-state index contributed by atoms with van der Waals surface area (Å²) in [5.74, 6) is 0.581. The first-order chi connectivity index (χ1) is 11.7. The number of rotatable bonds is 7. The van der Waals surface area contributed by atoms with Crippen molar-refractivity contribution in [2.24, 2.45) is 0 Å². The van der Waals surface area contributed by atoms with E-state index in [-0.39, 0.29) is 18.5 Å². The van der Waals surface area contributed by atoms with Crippen LogP contribution in [-0.4, -0.2) is 69.9 Å². The van der Waals surface area contributed by atoms with E-state index in [0.29, 0.717) is 39.4 Å². The molecule has 8 heteroatoms. The van der Waals surface area contributed by atoms with Crippen molar-refractivity contribution in [3.05, 3.63) is 24.3 Å². The van der Waals surface area contributed by atoms with Gasteiger partial charge in [0.05, 0.1) is 26.9 Å². The number of amides is 3. The van der Waals surface area contributed by atoms with Gasteiger partial charge in [-0.15, -0.1) is 0 Å². The molecule has 0 atom stereocenters. The van der Waals surface area contributed by atoms with E-state index in [2.05, 4.69) is 16.0 Å². The van der Waals surface area contributed by atoms with Crippen molar-refractivity contribution >= 4 is 17.6 Å². The molecule has 0 aromatic heterocycles. The molecule has 1 fully saturated rings. The second kappa shape index (κ2) is 9.61. The molecule has 1 aliphatic heterocycles. The summed E-state index contributed by atoms with van der Waals surface area (Å²) in [4.78, 5) is 25.2. The molecular weight excluding hydrogens is 312 g/mol. The molecule has 24 heavy (non-hydrogen) atoms. The van der Waals surface area contributed by atoms with Gasteiger partial charge in [0.2, 0.25) is 5.91 Å². The molecule has 0 saturated carbocycles. The van der Waals surface area contributed by atoms with Crippen LogP contribution in [0.25, 0.3) is 0 Å². The summed E-state index contributed by atoms with van der Waals surface area (Å²) in [5.41, 5.74) is 0.950.